The van der Waals surface area contributed by atoms with Gasteiger partial charge in [-0.1, -0.05) is 29.8 Å². The number of hydrogen-bond donors (Lipinski definition) is 5. The molecule has 0 saturated heterocycles. The summed E-state index contributed by atoms with van der Waals surface area (Å²) in [4.78, 5) is 32.3. The molecule has 3 aliphatic rings. The molecular weight excluding hydrogens is 418 g/mol. The molecule has 160 valence electrons. The SMILES string of the molecule is NC(=O)[C@H]1[C@@H](Nc2nc(Nc3ccc4c(c3)CNC(=O)NC4)ncc2Cl)[C@@H]2C=C[C@H]1C2. The van der Waals surface area contributed by atoms with Gasteiger partial charge in [0.1, 0.15) is 5.02 Å². The molecule has 0 unspecified atom stereocenters. The van der Waals surface area contributed by atoms with Crippen LogP contribution in [0.15, 0.2) is 36.5 Å². The van der Waals surface area contributed by atoms with Gasteiger partial charge in [-0.25, -0.2) is 9.78 Å². The molecule has 1 aliphatic heterocycles. The van der Waals surface area contributed by atoms with Crippen molar-refractivity contribution in [1.82, 2.24) is 20.6 Å². The Hall–Kier alpha value is -3.33. The highest BCUT2D eigenvalue weighted by molar-refractivity contribution is 6.32. The van der Waals surface area contributed by atoms with E-state index in [2.05, 4.69) is 43.4 Å². The van der Waals surface area contributed by atoms with Crippen LogP contribution in [0, 0.1) is 17.8 Å². The number of rotatable bonds is 5. The third-order valence-corrected chi connectivity index (χ3v) is 6.45. The lowest BCUT2D eigenvalue weighted by molar-refractivity contribution is -0.122. The van der Waals surface area contributed by atoms with Crippen LogP contribution < -0.4 is 27.0 Å². The van der Waals surface area contributed by atoms with Crippen molar-refractivity contribution < 1.29 is 9.59 Å². The van der Waals surface area contributed by atoms with Crippen LogP contribution >= 0.6 is 11.6 Å². The molecule has 5 rings (SSSR count). The Morgan fingerprint density at radius 2 is 1.94 bits per heavy atom. The van der Waals surface area contributed by atoms with E-state index in [-0.39, 0.29) is 35.7 Å². The summed E-state index contributed by atoms with van der Waals surface area (Å²) in [5.41, 5.74) is 8.50. The summed E-state index contributed by atoms with van der Waals surface area (Å²) in [5, 5.41) is 12.5. The summed E-state index contributed by atoms with van der Waals surface area (Å²) < 4.78 is 0. The maximum atomic E-state index is 12.0. The maximum absolute atomic E-state index is 12.0. The molecule has 2 aromatic rings. The number of nitrogens with one attached hydrogen (secondary N) is 4. The summed E-state index contributed by atoms with van der Waals surface area (Å²) in [5.74, 6) is 0.612. The van der Waals surface area contributed by atoms with Gasteiger partial charge < -0.3 is 27.0 Å². The van der Waals surface area contributed by atoms with Crippen molar-refractivity contribution in [3.8, 4) is 0 Å². The molecule has 1 saturated carbocycles. The quantitative estimate of drug-likeness (QED) is 0.454. The first kappa shape index (κ1) is 19.6. The number of nitrogens with zero attached hydrogens (tertiary/aromatic N) is 2. The second-order valence-corrected chi connectivity index (χ2v) is 8.49. The molecule has 2 aliphatic carbocycles. The van der Waals surface area contributed by atoms with Gasteiger partial charge in [0.15, 0.2) is 5.82 Å². The van der Waals surface area contributed by atoms with Gasteiger partial charge in [0, 0.05) is 24.8 Å². The predicted molar refractivity (Wildman–Crippen MR) is 117 cm³/mol. The minimum Gasteiger partial charge on any atom is -0.369 e. The Kier molecular flexibility index (Phi) is 4.90. The van der Waals surface area contributed by atoms with E-state index in [0.717, 1.165) is 23.2 Å². The summed E-state index contributed by atoms with van der Waals surface area (Å²) >= 11 is 6.34. The summed E-state index contributed by atoms with van der Waals surface area (Å²) in [6, 6.07) is 5.49. The van der Waals surface area contributed by atoms with Gasteiger partial charge in [-0.3, -0.25) is 4.79 Å². The van der Waals surface area contributed by atoms with Gasteiger partial charge in [-0.2, -0.15) is 4.98 Å². The molecule has 2 bridgehead atoms. The summed E-state index contributed by atoms with van der Waals surface area (Å²) in [6.07, 6.45) is 6.62. The van der Waals surface area contributed by atoms with Crippen LogP contribution in [-0.2, 0) is 17.9 Å². The van der Waals surface area contributed by atoms with E-state index < -0.39 is 0 Å². The topological polar surface area (TPSA) is 134 Å². The molecule has 1 fully saturated rings. The normalized spacial score (nSPS) is 25.9. The average Bonchev–Trinajstić information content (AvgIpc) is 3.30. The Morgan fingerprint density at radius 3 is 2.74 bits per heavy atom. The lowest BCUT2D eigenvalue weighted by Crippen LogP contribution is -2.41. The molecule has 0 spiro atoms. The third kappa shape index (κ3) is 3.76. The van der Waals surface area contributed by atoms with Crippen LogP contribution in [0.2, 0.25) is 5.02 Å². The Labute approximate surface area is 183 Å². The van der Waals surface area contributed by atoms with E-state index in [4.69, 9.17) is 17.3 Å². The van der Waals surface area contributed by atoms with Gasteiger partial charge in [-0.05, 0) is 41.5 Å². The molecule has 3 amide bonds. The van der Waals surface area contributed by atoms with E-state index in [0.29, 0.717) is 29.9 Å². The van der Waals surface area contributed by atoms with E-state index >= 15 is 0 Å². The van der Waals surface area contributed by atoms with Crippen molar-refractivity contribution in [3.63, 3.8) is 0 Å². The van der Waals surface area contributed by atoms with Gasteiger partial charge in [0.05, 0.1) is 12.1 Å². The van der Waals surface area contributed by atoms with Gasteiger partial charge in [-0.15, -0.1) is 0 Å². The number of urea groups is 1. The number of primary amides is 1. The van der Waals surface area contributed by atoms with E-state index in [1.807, 2.05) is 18.2 Å². The molecule has 1 aromatic carbocycles. The molecule has 0 radical (unpaired) electrons. The fraction of sp³-hybridized carbons (Fsp3) is 0.333. The summed E-state index contributed by atoms with van der Waals surface area (Å²) in [7, 11) is 0. The first-order chi connectivity index (χ1) is 15.0. The zero-order valence-electron chi connectivity index (χ0n) is 16.6. The molecule has 6 N–H and O–H groups in total. The highest BCUT2D eigenvalue weighted by Gasteiger charge is 2.47. The number of amides is 3. The number of anilines is 3. The fourth-order valence-electron chi connectivity index (χ4n) is 4.68. The number of halogens is 1. The average molecular weight is 440 g/mol. The van der Waals surface area contributed by atoms with Gasteiger partial charge in [0.2, 0.25) is 11.9 Å². The zero-order chi connectivity index (χ0) is 21.5. The van der Waals surface area contributed by atoms with E-state index in [1.54, 1.807) is 0 Å². The van der Waals surface area contributed by atoms with Crippen molar-refractivity contribution in [3.05, 3.63) is 52.7 Å². The van der Waals surface area contributed by atoms with Crippen LogP contribution in [0.1, 0.15) is 17.5 Å². The van der Waals surface area contributed by atoms with Crippen LogP contribution in [0.25, 0.3) is 0 Å². The summed E-state index contributed by atoms with van der Waals surface area (Å²) in [6.45, 7) is 0.920. The largest absolute Gasteiger partial charge is 0.369 e. The van der Waals surface area contributed by atoms with Crippen molar-refractivity contribution in [2.45, 2.75) is 25.6 Å². The monoisotopic (exact) mass is 439 g/mol. The number of benzene rings is 1. The number of carbonyl (C=O) groups excluding carboxylic acids is 2. The smallest absolute Gasteiger partial charge is 0.315 e. The van der Waals surface area contributed by atoms with Crippen LogP contribution in [0.3, 0.4) is 0 Å². The third-order valence-electron chi connectivity index (χ3n) is 6.18. The van der Waals surface area contributed by atoms with Crippen LogP contribution in [-0.4, -0.2) is 27.9 Å². The first-order valence-corrected chi connectivity index (χ1v) is 10.5. The number of carbonyl (C=O) groups is 2. The lowest BCUT2D eigenvalue weighted by atomic mass is 9.88. The Bertz CT molecular complexity index is 1090. The Morgan fingerprint density at radius 1 is 1.16 bits per heavy atom. The molecule has 4 atom stereocenters. The number of hydrogen-bond acceptors (Lipinski definition) is 6. The fourth-order valence-corrected chi connectivity index (χ4v) is 4.82. The van der Waals surface area contributed by atoms with Gasteiger partial charge >= 0.3 is 6.03 Å². The minimum atomic E-state index is -0.315. The predicted octanol–water partition coefficient (Wildman–Crippen LogP) is 2.27. The number of fused-ring (bicyclic) bond motifs is 3. The number of nitrogens with two attached hydrogens (primary N) is 1. The molecule has 2 heterocycles. The second-order valence-electron chi connectivity index (χ2n) is 8.08. The van der Waals surface area contributed by atoms with E-state index in [9.17, 15) is 9.59 Å². The van der Waals surface area contributed by atoms with Crippen molar-refractivity contribution >= 4 is 41.0 Å². The number of aromatic nitrogens is 2. The molecule has 1 aromatic heterocycles. The molecule has 31 heavy (non-hydrogen) atoms. The van der Waals surface area contributed by atoms with Crippen molar-refractivity contribution in [2.24, 2.45) is 23.5 Å². The highest BCUT2D eigenvalue weighted by Crippen LogP contribution is 2.45. The highest BCUT2D eigenvalue weighted by atomic mass is 35.5. The van der Waals surface area contributed by atoms with Crippen LogP contribution in [0.5, 0.6) is 0 Å². The van der Waals surface area contributed by atoms with Crippen molar-refractivity contribution in [2.75, 3.05) is 10.6 Å². The lowest BCUT2D eigenvalue weighted by Gasteiger charge is -2.27. The van der Waals surface area contributed by atoms with E-state index in [1.165, 1.54) is 6.20 Å². The first-order valence-electron chi connectivity index (χ1n) is 10.1. The zero-order valence-corrected chi connectivity index (χ0v) is 17.3. The van der Waals surface area contributed by atoms with Crippen molar-refractivity contribution in [1.29, 1.82) is 0 Å². The molecular formula is C21H22ClN7O2. The molecule has 10 heteroatoms. The maximum Gasteiger partial charge on any atom is 0.315 e. The second kappa shape index (κ2) is 7.73. The van der Waals surface area contributed by atoms with Crippen LogP contribution in [0.4, 0.5) is 22.2 Å². The number of allylic oxidation sites excluding steroid dienone is 1. The molecule has 9 nitrogen and oxygen atoms in total. The van der Waals surface area contributed by atoms with Gasteiger partial charge in [0.25, 0.3) is 0 Å². The Balaban J connectivity index is 1.35. The minimum absolute atomic E-state index is 0.142. The standard InChI is InChI=1S/C21H22ClN7O2/c22-15-9-24-20(27-14-4-3-12-7-25-21(31)26-8-13(12)6-14)29-19(15)28-17-11-2-1-10(5-11)16(17)18(23)30/h1-4,6,9-11,16-17H,5,7-8H2,(H2,23,30)(H2,25,26,31)(H2,24,27,28,29)/t10-,11+,16+,17-/m0/s1.